The van der Waals surface area contributed by atoms with Crippen LogP contribution >= 0.6 is 23.8 Å². The largest absolute Gasteiger partial charge is 0.412 e. The van der Waals surface area contributed by atoms with E-state index in [1.54, 1.807) is 0 Å². The van der Waals surface area contributed by atoms with Crippen molar-refractivity contribution < 1.29 is 4.42 Å². The molecule has 2 aromatic rings. The van der Waals surface area contributed by atoms with Gasteiger partial charge < -0.3 is 9.73 Å². The number of H-pyrrole nitrogens is 1. The van der Waals surface area contributed by atoms with Crippen LogP contribution in [0.25, 0.3) is 0 Å². The number of hydrogen-bond acceptors (Lipinski definition) is 4. The van der Waals surface area contributed by atoms with Gasteiger partial charge >= 0.3 is 0 Å². The SMILES string of the molecule is S=c1[nH]nc(CNc2ccc(Cl)cc2)o1. The Balaban J connectivity index is 1.99. The minimum absolute atomic E-state index is 0.280. The van der Waals surface area contributed by atoms with E-state index in [1.807, 2.05) is 24.3 Å². The number of aromatic amines is 1. The summed E-state index contributed by atoms with van der Waals surface area (Å²) in [6.07, 6.45) is 0. The number of benzene rings is 1. The number of nitrogens with zero attached hydrogens (tertiary/aromatic N) is 1. The second-order valence-electron chi connectivity index (χ2n) is 2.87. The first kappa shape index (κ1) is 10.2. The first-order chi connectivity index (χ1) is 7.24. The van der Waals surface area contributed by atoms with Gasteiger partial charge in [0.05, 0.1) is 6.54 Å². The average molecular weight is 242 g/mol. The predicted octanol–water partition coefficient (Wildman–Crippen LogP) is 3.00. The highest BCUT2D eigenvalue weighted by molar-refractivity contribution is 7.71. The molecule has 0 aliphatic carbocycles. The summed E-state index contributed by atoms with van der Waals surface area (Å²) in [6, 6.07) is 7.38. The molecule has 2 N–H and O–H groups in total. The molecule has 4 nitrogen and oxygen atoms in total. The van der Waals surface area contributed by atoms with E-state index in [1.165, 1.54) is 0 Å². The highest BCUT2D eigenvalue weighted by Crippen LogP contribution is 2.13. The van der Waals surface area contributed by atoms with Crippen molar-refractivity contribution in [1.82, 2.24) is 10.2 Å². The van der Waals surface area contributed by atoms with E-state index in [9.17, 15) is 0 Å². The van der Waals surface area contributed by atoms with Crippen LogP contribution in [0.15, 0.2) is 28.7 Å². The van der Waals surface area contributed by atoms with E-state index in [2.05, 4.69) is 15.5 Å². The van der Waals surface area contributed by atoms with Crippen LogP contribution in [-0.4, -0.2) is 10.2 Å². The zero-order valence-electron chi connectivity index (χ0n) is 7.66. The molecule has 0 aliphatic rings. The van der Waals surface area contributed by atoms with E-state index >= 15 is 0 Å². The smallest absolute Gasteiger partial charge is 0.284 e. The van der Waals surface area contributed by atoms with E-state index in [0.717, 1.165) is 5.69 Å². The lowest BCUT2D eigenvalue weighted by atomic mass is 10.3. The fourth-order valence-electron chi connectivity index (χ4n) is 1.08. The Morgan fingerprint density at radius 3 is 2.73 bits per heavy atom. The summed E-state index contributed by atoms with van der Waals surface area (Å²) < 4.78 is 5.09. The van der Waals surface area contributed by atoms with E-state index < -0.39 is 0 Å². The quantitative estimate of drug-likeness (QED) is 0.812. The highest BCUT2D eigenvalue weighted by Gasteiger charge is 1.98. The van der Waals surface area contributed by atoms with Gasteiger partial charge in [-0.1, -0.05) is 11.6 Å². The van der Waals surface area contributed by atoms with Crippen molar-refractivity contribution in [2.75, 3.05) is 5.32 Å². The number of halogens is 1. The number of rotatable bonds is 3. The monoisotopic (exact) mass is 241 g/mol. The van der Waals surface area contributed by atoms with Crippen molar-refractivity contribution in [3.63, 3.8) is 0 Å². The van der Waals surface area contributed by atoms with Crippen LogP contribution in [0.3, 0.4) is 0 Å². The molecular weight excluding hydrogens is 234 g/mol. The molecule has 0 saturated carbocycles. The Bertz CT molecular complexity index is 491. The lowest BCUT2D eigenvalue weighted by Gasteiger charge is -2.02. The molecule has 0 fully saturated rings. The van der Waals surface area contributed by atoms with Crippen LogP contribution in [0.1, 0.15) is 5.89 Å². The molecule has 6 heteroatoms. The van der Waals surface area contributed by atoms with Gasteiger partial charge in [-0.25, -0.2) is 5.10 Å². The predicted molar refractivity (Wildman–Crippen MR) is 60.5 cm³/mol. The van der Waals surface area contributed by atoms with Gasteiger partial charge in [-0.3, -0.25) is 0 Å². The average Bonchev–Trinajstić information content (AvgIpc) is 2.64. The van der Waals surface area contributed by atoms with Crippen LogP contribution in [0.5, 0.6) is 0 Å². The Labute approximate surface area is 96.3 Å². The third-order valence-electron chi connectivity index (χ3n) is 1.77. The van der Waals surface area contributed by atoms with Gasteiger partial charge in [0, 0.05) is 10.7 Å². The maximum absolute atomic E-state index is 5.75. The molecule has 0 amide bonds. The van der Waals surface area contributed by atoms with Gasteiger partial charge in [-0.2, -0.15) is 0 Å². The Morgan fingerprint density at radius 1 is 1.40 bits per heavy atom. The molecule has 0 aliphatic heterocycles. The van der Waals surface area contributed by atoms with Crippen LogP contribution in [0.2, 0.25) is 5.02 Å². The van der Waals surface area contributed by atoms with Crippen LogP contribution in [0.4, 0.5) is 5.69 Å². The molecule has 1 aromatic heterocycles. The molecule has 2 rings (SSSR count). The van der Waals surface area contributed by atoms with Gasteiger partial charge in [0.1, 0.15) is 0 Å². The standard InChI is InChI=1S/C9H8ClN3OS/c10-6-1-3-7(4-2-6)11-5-8-12-13-9(15)14-8/h1-4,11H,5H2,(H,13,15). The maximum Gasteiger partial charge on any atom is 0.284 e. The molecule has 0 atom stereocenters. The lowest BCUT2D eigenvalue weighted by molar-refractivity contribution is 0.489. The third kappa shape index (κ3) is 2.81. The van der Waals surface area contributed by atoms with E-state index in [0.29, 0.717) is 17.5 Å². The number of nitrogens with one attached hydrogen (secondary N) is 2. The summed E-state index contributed by atoms with van der Waals surface area (Å²) in [4.78, 5) is 0.280. The molecule has 0 saturated heterocycles. The number of hydrogen-bond donors (Lipinski definition) is 2. The zero-order chi connectivity index (χ0) is 10.7. The second kappa shape index (κ2) is 4.46. The zero-order valence-corrected chi connectivity index (χ0v) is 9.23. The summed E-state index contributed by atoms with van der Waals surface area (Å²) in [7, 11) is 0. The summed E-state index contributed by atoms with van der Waals surface area (Å²) in [5, 5.41) is 10.2. The topological polar surface area (TPSA) is 53.9 Å². The Morgan fingerprint density at radius 2 is 2.13 bits per heavy atom. The first-order valence-corrected chi connectivity index (χ1v) is 5.06. The normalized spacial score (nSPS) is 10.2. The van der Waals surface area contributed by atoms with Gasteiger partial charge in [0.25, 0.3) is 4.84 Å². The molecular formula is C9H8ClN3OS. The minimum atomic E-state index is 0.280. The van der Waals surface area contributed by atoms with Crippen molar-refractivity contribution in [2.24, 2.45) is 0 Å². The fourth-order valence-corrected chi connectivity index (χ4v) is 1.35. The highest BCUT2D eigenvalue weighted by atomic mass is 35.5. The van der Waals surface area contributed by atoms with Crippen LogP contribution in [-0.2, 0) is 6.54 Å². The van der Waals surface area contributed by atoms with Gasteiger partial charge in [-0.05, 0) is 36.5 Å². The van der Waals surface area contributed by atoms with Gasteiger partial charge in [0.2, 0.25) is 5.89 Å². The molecule has 1 aromatic carbocycles. The van der Waals surface area contributed by atoms with Gasteiger partial charge in [-0.15, -0.1) is 5.10 Å². The van der Waals surface area contributed by atoms with Crippen LogP contribution < -0.4 is 5.32 Å². The molecule has 0 spiro atoms. The Hall–Kier alpha value is -1.33. The molecule has 1 heterocycles. The number of anilines is 1. The first-order valence-electron chi connectivity index (χ1n) is 4.28. The van der Waals surface area contributed by atoms with Gasteiger partial charge in [0.15, 0.2) is 0 Å². The van der Waals surface area contributed by atoms with E-state index in [-0.39, 0.29) is 4.84 Å². The minimum Gasteiger partial charge on any atom is -0.412 e. The summed E-state index contributed by atoms with van der Waals surface area (Å²) in [6.45, 7) is 0.481. The second-order valence-corrected chi connectivity index (χ2v) is 3.67. The van der Waals surface area contributed by atoms with Crippen LogP contribution in [0, 0.1) is 4.84 Å². The molecule has 0 bridgehead atoms. The van der Waals surface area contributed by atoms with Crippen molar-refractivity contribution >= 4 is 29.5 Å². The maximum atomic E-state index is 5.75. The summed E-state index contributed by atoms with van der Waals surface area (Å²) in [5.74, 6) is 0.523. The fraction of sp³-hybridized carbons (Fsp3) is 0.111. The third-order valence-corrected chi connectivity index (χ3v) is 2.20. The molecule has 0 radical (unpaired) electrons. The molecule has 0 unspecified atom stereocenters. The summed E-state index contributed by atoms with van der Waals surface area (Å²) >= 11 is 10.5. The number of aromatic nitrogens is 2. The van der Waals surface area contributed by atoms with Crippen molar-refractivity contribution in [3.8, 4) is 0 Å². The Kier molecular flexibility index (Phi) is 3.03. The lowest BCUT2D eigenvalue weighted by Crippen LogP contribution is -1.99. The molecule has 78 valence electrons. The van der Waals surface area contributed by atoms with Crippen molar-refractivity contribution in [3.05, 3.63) is 40.0 Å². The van der Waals surface area contributed by atoms with Crippen molar-refractivity contribution in [1.29, 1.82) is 0 Å². The van der Waals surface area contributed by atoms with E-state index in [4.69, 9.17) is 28.2 Å². The van der Waals surface area contributed by atoms with Crippen molar-refractivity contribution in [2.45, 2.75) is 6.54 Å². The molecule has 15 heavy (non-hydrogen) atoms. The summed E-state index contributed by atoms with van der Waals surface area (Å²) in [5.41, 5.74) is 0.948.